The van der Waals surface area contributed by atoms with Crippen LogP contribution in [-0.2, 0) is 16.1 Å². The van der Waals surface area contributed by atoms with Gasteiger partial charge in [0.1, 0.15) is 11.6 Å². The fourth-order valence-electron chi connectivity index (χ4n) is 4.83. The van der Waals surface area contributed by atoms with Gasteiger partial charge in [0.05, 0.1) is 6.61 Å². The van der Waals surface area contributed by atoms with Crippen LogP contribution in [0.5, 0.6) is 11.5 Å². The van der Waals surface area contributed by atoms with Crippen molar-refractivity contribution in [3.63, 3.8) is 0 Å². The molecule has 1 atom stereocenters. The third-order valence-electron chi connectivity index (χ3n) is 7.42. The van der Waals surface area contributed by atoms with E-state index >= 15 is 0 Å². The quantitative estimate of drug-likeness (QED) is 0.103. The standard InChI is InChI=1S/C34H40F4N4O7/c1-34(2,3)16-26(48-33(39)45)29-28(30(44)41-18-21-9-11-22(35)15-23(21)36)42-31(49-29)20-10-12-24(47-32(37)38)25(14-20)46-13-5-4-6-27(43)40-17-19-7-8-19/h9-12,14-15,19,26,32H,4-8,13,16-18H2,1-3H3,(H2,39,45)(H,40,43)(H,41,44). The van der Waals surface area contributed by atoms with Crippen molar-refractivity contribution in [3.05, 3.63) is 65.1 Å². The van der Waals surface area contributed by atoms with Gasteiger partial charge in [0, 0.05) is 36.7 Å². The predicted molar refractivity (Wildman–Crippen MR) is 169 cm³/mol. The second-order valence-electron chi connectivity index (χ2n) is 12.9. The molecule has 1 aliphatic carbocycles. The largest absolute Gasteiger partial charge is 0.490 e. The summed E-state index contributed by atoms with van der Waals surface area (Å²) < 4.78 is 75.8. The fraction of sp³-hybridized carbons (Fsp3) is 0.471. The van der Waals surface area contributed by atoms with Crippen LogP contribution in [0.1, 0.15) is 87.2 Å². The monoisotopic (exact) mass is 692 g/mol. The molecule has 0 aliphatic heterocycles. The van der Waals surface area contributed by atoms with E-state index in [2.05, 4.69) is 20.4 Å². The SMILES string of the molecule is CC(C)(C)CC(OC(N)=O)c1oc(-c2ccc(OC(F)F)c(OCCCCC(=O)NCC3CC3)c2)nc1C(=O)NCc1ccc(F)cc1F. The van der Waals surface area contributed by atoms with E-state index in [-0.39, 0.29) is 71.9 Å². The Hall–Kier alpha value is -4.82. The van der Waals surface area contributed by atoms with Crippen LogP contribution in [0.25, 0.3) is 11.5 Å². The zero-order valence-electron chi connectivity index (χ0n) is 27.5. The number of unbranched alkanes of at least 4 members (excludes halogenated alkanes) is 1. The van der Waals surface area contributed by atoms with E-state index in [0.717, 1.165) is 18.9 Å². The van der Waals surface area contributed by atoms with Crippen LogP contribution in [-0.4, -0.2) is 42.7 Å². The van der Waals surface area contributed by atoms with Crippen molar-refractivity contribution in [2.24, 2.45) is 17.1 Å². The number of rotatable bonds is 17. The number of nitrogens with two attached hydrogens (primary N) is 1. The van der Waals surface area contributed by atoms with Gasteiger partial charge in [-0.15, -0.1) is 0 Å². The Morgan fingerprint density at radius 2 is 1.80 bits per heavy atom. The zero-order valence-corrected chi connectivity index (χ0v) is 27.5. The molecule has 2 aromatic carbocycles. The van der Waals surface area contributed by atoms with Crippen LogP contribution >= 0.6 is 0 Å². The second-order valence-corrected chi connectivity index (χ2v) is 12.9. The van der Waals surface area contributed by atoms with E-state index in [4.69, 9.17) is 19.6 Å². The van der Waals surface area contributed by atoms with Crippen LogP contribution in [0, 0.1) is 23.0 Å². The first kappa shape index (κ1) is 37.0. The van der Waals surface area contributed by atoms with Crippen LogP contribution < -0.4 is 25.8 Å². The Bertz CT molecular complexity index is 1620. The van der Waals surface area contributed by atoms with Crippen molar-refractivity contribution in [1.29, 1.82) is 0 Å². The molecule has 1 aromatic heterocycles. The Morgan fingerprint density at radius 3 is 2.45 bits per heavy atom. The smallest absolute Gasteiger partial charge is 0.405 e. The number of nitrogens with one attached hydrogen (secondary N) is 2. The molecule has 1 unspecified atom stereocenters. The summed E-state index contributed by atoms with van der Waals surface area (Å²) >= 11 is 0. The molecule has 4 rings (SSSR count). The van der Waals surface area contributed by atoms with Crippen molar-refractivity contribution in [2.45, 2.75) is 78.6 Å². The minimum atomic E-state index is -3.15. The third kappa shape index (κ3) is 11.7. The topological polar surface area (TPSA) is 155 Å². The van der Waals surface area contributed by atoms with Gasteiger partial charge in [0.15, 0.2) is 29.1 Å². The number of carbonyl (C=O) groups excluding carboxylic acids is 3. The van der Waals surface area contributed by atoms with E-state index in [9.17, 15) is 31.9 Å². The molecule has 4 N–H and O–H groups in total. The van der Waals surface area contributed by atoms with Gasteiger partial charge in [-0.2, -0.15) is 8.78 Å². The number of hydrogen-bond acceptors (Lipinski definition) is 8. The summed E-state index contributed by atoms with van der Waals surface area (Å²) in [6, 6.07) is 6.79. The number of alkyl halides is 2. The van der Waals surface area contributed by atoms with E-state index in [0.29, 0.717) is 31.4 Å². The first-order chi connectivity index (χ1) is 23.2. The van der Waals surface area contributed by atoms with E-state index < -0.39 is 41.8 Å². The maximum atomic E-state index is 14.3. The second kappa shape index (κ2) is 16.5. The first-order valence-corrected chi connectivity index (χ1v) is 15.9. The van der Waals surface area contributed by atoms with E-state index in [1.54, 1.807) is 0 Å². The van der Waals surface area contributed by atoms with Crippen LogP contribution in [0.15, 0.2) is 40.8 Å². The number of benzene rings is 2. The molecule has 0 saturated heterocycles. The van der Waals surface area contributed by atoms with Crippen LogP contribution in [0.4, 0.5) is 22.4 Å². The van der Waals surface area contributed by atoms with Crippen LogP contribution in [0.2, 0.25) is 0 Å². The lowest BCUT2D eigenvalue weighted by Gasteiger charge is -2.24. The molecular formula is C34H40F4N4O7. The van der Waals surface area contributed by atoms with Crippen molar-refractivity contribution in [2.75, 3.05) is 13.2 Å². The molecule has 49 heavy (non-hydrogen) atoms. The van der Waals surface area contributed by atoms with Gasteiger partial charge < -0.3 is 35.0 Å². The molecule has 1 aliphatic rings. The number of oxazole rings is 1. The highest BCUT2D eigenvalue weighted by molar-refractivity contribution is 5.94. The van der Waals surface area contributed by atoms with Crippen molar-refractivity contribution < 1.29 is 50.6 Å². The van der Waals surface area contributed by atoms with Gasteiger partial charge in [-0.25, -0.2) is 18.6 Å². The third-order valence-corrected chi connectivity index (χ3v) is 7.42. The summed E-state index contributed by atoms with van der Waals surface area (Å²) in [6.45, 7) is 2.80. The molecule has 1 saturated carbocycles. The number of aromatic nitrogens is 1. The lowest BCUT2D eigenvalue weighted by molar-refractivity contribution is -0.121. The molecule has 266 valence electrons. The van der Waals surface area contributed by atoms with Gasteiger partial charge in [-0.05, 0) is 67.7 Å². The van der Waals surface area contributed by atoms with E-state index in [1.165, 1.54) is 24.3 Å². The average molecular weight is 693 g/mol. The number of carbonyl (C=O) groups is 3. The molecule has 1 fully saturated rings. The zero-order chi connectivity index (χ0) is 35.7. The van der Waals surface area contributed by atoms with E-state index in [1.807, 2.05) is 20.8 Å². The number of amides is 3. The van der Waals surface area contributed by atoms with Crippen molar-refractivity contribution in [1.82, 2.24) is 15.6 Å². The lowest BCUT2D eigenvalue weighted by Crippen LogP contribution is -2.27. The molecule has 3 amide bonds. The molecule has 15 heteroatoms. The summed E-state index contributed by atoms with van der Waals surface area (Å²) in [5, 5.41) is 5.39. The Labute approximate surface area is 280 Å². The van der Waals surface area contributed by atoms with Crippen molar-refractivity contribution >= 4 is 17.9 Å². The summed E-state index contributed by atoms with van der Waals surface area (Å²) in [5.74, 6) is -2.69. The summed E-state index contributed by atoms with van der Waals surface area (Å²) in [6.07, 6.45) is 1.30. The molecule has 3 aromatic rings. The number of halogens is 4. The van der Waals surface area contributed by atoms with Crippen molar-refractivity contribution in [3.8, 4) is 23.0 Å². The van der Waals surface area contributed by atoms with Gasteiger partial charge in [-0.1, -0.05) is 26.8 Å². The lowest BCUT2D eigenvalue weighted by atomic mass is 9.88. The summed E-state index contributed by atoms with van der Waals surface area (Å²) in [7, 11) is 0. The normalized spacial score (nSPS) is 13.6. The van der Waals surface area contributed by atoms with Gasteiger partial charge in [0.2, 0.25) is 11.8 Å². The Balaban J connectivity index is 1.59. The minimum absolute atomic E-state index is 0.00468. The number of nitrogens with zero attached hydrogens (tertiary/aromatic N) is 1. The molecule has 1 heterocycles. The van der Waals surface area contributed by atoms with Gasteiger partial charge in [0.25, 0.3) is 5.91 Å². The highest BCUT2D eigenvalue weighted by Gasteiger charge is 2.33. The van der Waals surface area contributed by atoms with Crippen LogP contribution in [0.3, 0.4) is 0 Å². The van der Waals surface area contributed by atoms with Gasteiger partial charge in [-0.3, -0.25) is 9.59 Å². The minimum Gasteiger partial charge on any atom is -0.490 e. The molecule has 0 spiro atoms. The highest BCUT2D eigenvalue weighted by Crippen LogP contribution is 2.38. The maximum Gasteiger partial charge on any atom is 0.405 e. The molecule has 0 radical (unpaired) electrons. The van der Waals surface area contributed by atoms with Gasteiger partial charge >= 0.3 is 12.7 Å². The Morgan fingerprint density at radius 1 is 1.04 bits per heavy atom. The number of primary amides is 1. The average Bonchev–Trinajstić information content (AvgIpc) is 3.73. The summed E-state index contributed by atoms with van der Waals surface area (Å²) in [5.41, 5.74) is 4.74. The Kier molecular flexibility index (Phi) is 12.5. The molecule has 0 bridgehead atoms. The molecule has 11 nitrogen and oxygen atoms in total. The highest BCUT2D eigenvalue weighted by atomic mass is 19.3. The summed E-state index contributed by atoms with van der Waals surface area (Å²) in [4.78, 5) is 41.6. The number of ether oxygens (including phenoxy) is 3. The first-order valence-electron chi connectivity index (χ1n) is 15.9. The number of hydrogen-bond donors (Lipinski definition) is 3. The fourth-order valence-corrected chi connectivity index (χ4v) is 4.83. The molecular weight excluding hydrogens is 652 g/mol. The maximum absolute atomic E-state index is 14.3. The predicted octanol–water partition coefficient (Wildman–Crippen LogP) is 6.80.